The van der Waals surface area contributed by atoms with Gasteiger partial charge >= 0.3 is 0 Å². The summed E-state index contributed by atoms with van der Waals surface area (Å²) in [6.45, 7) is 2.40. The molecule has 1 fully saturated rings. The van der Waals surface area contributed by atoms with Crippen LogP contribution in [0.2, 0.25) is 0 Å². The molecule has 2 aliphatic rings. The number of para-hydroxylation sites is 1. The second-order valence-corrected chi connectivity index (χ2v) is 4.36. The Morgan fingerprint density at radius 1 is 1.22 bits per heavy atom. The fraction of sp³-hybridized carbons (Fsp3) is 0.308. The maximum absolute atomic E-state index is 11.5. The third-order valence-electron chi connectivity index (χ3n) is 3.30. The molecule has 0 bridgehead atoms. The van der Waals surface area contributed by atoms with E-state index in [2.05, 4.69) is 10.0 Å². The standard InChI is InChI=1S/C13H15N3O2/c14-13(17)11-8-16(10-4-2-1-3-5-10)15-6-7-18-9-12(11)15/h1-5H,6-9H2,(H2,14,17). The average molecular weight is 245 g/mol. The lowest BCUT2D eigenvalue weighted by atomic mass is 10.2. The van der Waals surface area contributed by atoms with Gasteiger partial charge < -0.3 is 10.5 Å². The van der Waals surface area contributed by atoms with Gasteiger partial charge in [0.1, 0.15) is 0 Å². The summed E-state index contributed by atoms with van der Waals surface area (Å²) in [6.07, 6.45) is 0. The van der Waals surface area contributed by atoms with E-state index >= 15 is 0 Å². The molecule has 0 spiro atoms. The molecule has 1 aromatic carbocycles. The number of hydrogen-bond acceptors (Lipinski definition) is 4. The molecule has 0 atom stereocenters. The number of amides is 1. The average Bonchev–Trinajstić information content (AvgIpc) is 2.79. The molecule has 3 rings (SSSR count). The van der Waals surface area contributed by atoms with Gasteiger partial charge in [0.2, 0.25) is 5.91 Å². The zero-order valence-electron chi connectivity index (χ0n) is 10.0. The van der Waals surface area contributed by atoms with E-state index in [-0.39, 0.29) is 5.91 Å². The Hall–Kier alpha value is -2.01. The van der Waals surface area contributed by atoms with Crippen LogP contribution in [0.5, 0.6) is 0 Å². The summed E-state index contributed by atoms with van der Waals surface area (Å²) in [5.41, 5.74) is 8.05. The van der Waals surface area contributed by atoms with Crippen LogP contribution in [0, 0.1) is 0 Å². The molecule has 0 aromatic heterocycles. The number of carbonyl (C=O) groups is 1. The minimum absolute atomic E-state index is 0.362. The number of primary amides is 1. The summed E-state index contributed by atoms with van der Waals surface area (Å²) >= 11 is 0. The number of carbonyl (C=O) groups excluding carboxylic acids is 1. The minimum Gasteiger partial charge on any atom is -0.373 e. The van der Waals surface area contributed by atoms with Crippen molar-refractivity contribution >= 4 is 11.6 Å². The maximum Gasteiger partial charge on any atom is 0.248 e. The Labute approximate surface area is 105 Å². The van der Waals surface area contributed by atoms with Gasteiger partial charge in [0.25, 0.3) is 0 Å². The monoisotopic (exact) mass is 245 g/mol. The number of rotatable bonds is 2. The normalized spacial score (nSPS) is 19.1. The predicted octanol–water partition coefficient (Wildman–Crippen LogP) is 0.493. The van der Waals surface area contributed by atoms with Crippen molar-refractivity contribution in [3.63, 3.8) is 0 Å². The number of nitrogens with zero attached hydrogens (tertiary/aromatic N) is 2. The van der Waals surface area contributed by atoms with Crippen LogP contribution >= 0.6 is 0 Å². The highest BCUT2D eigenvalue weighted by Crippen LogP contribution is 2.30. The summed E-state index contributed by atoms with van der Waals surface area (Å²) in [7, 11) is 0. The topological polar surface area (TPSA) is 58.8 Å². The number of ether oxygens (including phenoxy) is 1. The number of benzene rings is 1. The second-order valence-electron chi connectivity index (χ2n) is 4.36. The second kappa shape index (κ2) is 4.34. The van der Waals surface area contributed by atoms with E-state index in [1.807, 2.05) is 30.3 Å². The van der Waals surface area contributed by atoms with E-state index in [4.69, 9.17) is 10.5 Å². The van der Waals surface area contributed by atoms with Crippen LogP contribution < -0.4 is 10.7 Å². The minimum atomic E-state index is -0.362. The molecule has 5 heteroatoms. The highest BCUT2D eigenvalue weighted by Gasteiger charge is 2.34. The smallest absolute Gasteiger partial charge is 0.248 e. The first kappa shape index (κ1) is 11.1. The molecule has 18 heavy (non-hydrogen) atoms. The van der Waals surface area contributed by atoms with Gasteiger partial charge in [-0.3, -0.25) is 14.8 Å². The number of anilines is 1. The first-order valence-electron chi connectivity index (χ1n) is 5.97. The van der Waals surface area contributed by atoms with Crippen molar-refractivity contribution in [2.45, 2.75) is 0 Å². The van der Waals surface area contributed by atoms with Crippen LogP contribution in [0.3, 0.4) is 0 Å². The first-order valence-corrected chi connectivity index (χ1v) is 5.97. The highest BCUT2D eigenvalue weighted by atomic mass is 16.5. The van der Waals surface area contributed by atoms with Crippen molar-refractivity contribution in [1.29, 1.82) is 0 Å². The number of hydrogen-bond donors (Lipinski definition) is 1. The highest BCUT2D eigenvalue weighted by molar-refractivity contribution is 5.94. The van der Waals surface area contributed by atoms with E-state index in [0.717, 1.165) is 17.9 Å². The molecular formula is C13H15N3O2. The van der Waals surface area contributed by atoms with Gasteiger partial charge in [-0.25, -0.2) is 0 Å². The van der Waals surface area contributed by atoms with E-state index in [1.165, 1.54) is 0 Å². The van der Waals surface area contributed by atoms with E-state index < -0.39 is 0 Å². The van der Waals surface area contributed by atoms with Gasteiger partial charge in [-0.15, -0.1) is 0 Å². The SMILES string of the molecule is NC(=O)C1=C2COCCN2N(c2ccccc2)C1. The van der Waals surface area contributed by atoms with E-state index in [9.17, 15) is 4.79 Å². The Morgan fingerprint density at radius 2 is 2.00 bits per heavy atom. The van der Waals surface area contributed by atoms with Crippen molar-refractivity contribution in [2.24, 2.45) is 5.73 Å². The molecule has 0 radical (unpaired) electrons. The summed E-state index contributed by atoms with van der Waals surface area (Å²) < 4.78 is 5.41. The molecule has 1 aromatic rings. The van der Waals surface area contributed by atoms with Gasteiger partial charge in [-0.1, -0.05) is 18.2 Å². The van der Waals surface area contributed by atoms with Gasteiger partial charge in [-0.2, -0.15) is 0 Å². The van der Waals surface area contributed by atoms with Crippen molar-refractivity contribution in [3.8, 4) is 0 Å². The Morgan fingerprint density at radius 3 is 2.72 bits per heavy atom. The lowest BCUT2D eigenvalue weighted by molar-refractivity contribution is -0.114. The molecule has 2 N–H and O–H groups in total. The van der Waals surface area contributed by atoms with Crippen LogP contribution in [0.15, 0.2) is 41.6 Å². The third kappa shape index (κ3) is 1.73. The molecular weight excluding hydrogens is 230 g/mol. The summed E-state index contributed by atoms with van der Waals surface area (Å²) in [5, 5.41) is 4.18. The molecule has 2 aliphatic heterocycles. The van der Waals surface area contributed by atoms with Crippen LogP contribution in [0.25, 0.3) is 0 Å². The number of hydrazine groups is 1. The number of morpholine rings is 1. The Kier molecular flexibility index (Phi) is 2.68. The Balaban J connectivity index is 1.95. The van der Waals surface area contributed by atoms with E-state index in [0.29, 0.717) is 25.3 Å². The summed E-state index contributed by atoms with van der Waals surface area (Å²) in [4.78, 5) is 11.5. The van der Waals surface area contributed by atoms with Gasteiger partial charge in [-0.05, 0) is 12.1 Å². The fourth-order valence-corrected chi connectivity index (χ4v) is 2.42. The number of fused-ring (bicyclic) bond motifs is 1. The lowest BCUT2D eigenvalue weighted by Gasteiger charge is -2.36. The van der Waals surface area contributed by atoms with Crippen molar-refractivity contribution in [2.75, 3.05) is 31.3 Å². The maximum atomic E-state index is 11.5. The van der Waals surface area contributed by atoms with Gasteiger partial charge in [0.05, 0.1) is 43.3 Å². The van der Waals surface area contributed by atoms with Crippen molar-refractivity contribution in [1.82, 2.24) is 5.01 Å². The van der Waals surface area contributed by atoms with Crippen LogP contribution in [-0.4, -0.2) is 37.2 Å². The summed E-state index contributed by atoms with van der Waals surface area (Å²) in [6, 6.07) is 9.99. The largest absolute Gasteiger partial charge is 0.373 e. The molecule has 0 aliphatic carbocycles. The van der Waals surface area contributed by atoms with Crippen LogP contribution in [0.1, 0.15) is 0 Å². The van der Waals surface area contributed by atoms with Gasteiger partial charge in [0.15, 0.2) is 0 Å². The van der Waals surface area contributed by atoms with Crippen molar-refractivity contribution < 1.29 is 9.53 Å². The molecule has 1 amide bonds. The van der Waals surface area contributed by atoms with E-state index in [1.54, 1.807) is 0 Å². The molecule has 94 valence electrons. The third-order valence-corrected chi connectivity index (χ3v) is 3.30. The van der Waals surface area contributed by atoms with Gasteiger partial charge in [0, 0.05) is 0 Å². The molecule has 1 saturated heterocycles. The van der Waals surface area contributed by atoms with Crippen LogP contribution in [0.4, 0.5) is 5.69 Å². The van der Waals surface area contributed by atoms with Crippen LogP contribution in [-0.2, 0) is 9.53 Å². The summed E-state index contributed by atoms with van der Waals surface area (Å²) in [5.74, 6) is -0.362. The predicted molar refractivity (Wildman–Crippen MR) is 67.5 cm³/mol. The molecule has 0 unspecified atom stereocenters. The first-order chi connectivity index (χ1) is 8.77. The number of nitrogens with two attached hydrogens (primary N) is 1. The lowest BCUT2D eigenvalue weighted by Crippen LogP contribution is -2.43. The quantitative estimate of drug-likeness (QED) is 0.824. The van der Waals surface area contributed by atoms with Crippen molar-refractivity contribution in [3.05, 3.63) is 41.6 Å². The zero-order chi connectivity index (χ0) is 12.5. The fourth-order valence-electron chi connectivity index (χ4n) is 2.42. The zero-order valence-corrected chi connectivity index (χ0v) is 10.0. The Bertz CT molecular complexity index is 498. The molecule has 2 heterocycles. The molecule has 5 nitrogen and oxygen atoms in total. The molecule has 0 saturated carbocycles.